The molecule has 1 atom stereocenters. The van der Waals surface area contributed by atoms with E-state index in [1.54, 1.807) is 0 Å². The van der Waals surface area contributed by atoms with Gasteiger partial charge in [-0.2, -0.15) is 0 Å². The van der Waals surface area contributed by atoms with Gasteiger partial charge in [0.15, 0.2) is 0 Å². The van der Waals surface area contributed by atoms with Gasteiger partial charge in [-0.1, -0.05) is 6.07 Å². The van der Waals surface area contributed by atoms with Crippen molar-refractivity contribution in [1.82, 2.24) is 0 Å². The Labute approximate surface area is 105 Å². The average Bonchev–Trinajstić information content (AvgIpc) is 2.35. The molecule has 0 bridgehead atoms. The van der Waals surface area contributed by atoms with Crippen LogP contribution in [0.2, 0.25) is 0 Å². The van der Waals surface area contributed by atoms with Gasteiger partial charge in [-0.25, -0.2) is 0 Å². The average molecular weight is 255 g/mol. The third-order valence-electron chi connectivity index (χ3n) is 2.76. The van der Waals surface area contributed by atoms with E-state index in [1.807, 2.05) is 18.2 Å². The van der Waals surface area contributed by atoms with Crippen molar-refractivity contribution in [2.24, 2.45) is 0 Å². The van der Waals surface area contributed by atoms with Gasteiger partial charge >= 0.3 is 0 Å². The van der Waals surface area contributed by atoms with Crippen LogP contribution in [0, 0.1) is 0 Å². The number of aliphatic hydroxyl groups is 1. The minimum Gasteiger partial charge on any atom is -0.390 e. The maximum absolute atomic E-state index is 11.3. The standard InChI is InChI=1S/C12H15ClN2O2/c13-6-8(16)7-14-10-2-1-3-11-9(10)4-5-12(17)15-11/h1-3,8,14,16H,4-7H2,(H,15,17). The van der Waals surface area contributed by atoms with Crippen molar-refractivity contribution in [1.29, 1.82) is 0 Å². The van der Waals surface area contributed by atoms with Gasteiger partial charge < -0.3 is 15.7 Å². The molecule has 1 aromatic rings. The largest absolute Gasteiger partial charge is 0.390 e. The molecule has 1 aliphatic rings. The fraction of sp³-hybridized carbons (Fsp3) is 0.417. The lowest BCUT2D eigenvalue weighted by Gasteiger charge is -2.21. The predicted octanol–water partition coefficient (Wildman–Crippen LogP) is 1.58. The van der Waals surface area contributed by atoms with Gasteiger partial charge in [-0.3, -0.25) is 4.79 Å². The topological polar surface area (TPSA) is 61.4 Å². The lowest BCUT2D eigenvalue weighted by molar-refractivity contribution is -0.116. The molecule has 0 saturated heterocycles. The minimum absolute atomic E-state index is 0.0513. The Balaban J connectivity index is 2.13. The molecular weight excluding hydrogens is 240 g/mol. The molecule has 0 aliphatic carbocycles. The normalized spacial score (nSPS) is 16.0. The summed E-state index contributed by atoms with van der Waals surface area (Å²) in [5.74, 6) is 0.258. The fourth-order valence-corrected chi connectivity index (χ4v) is 1.98. The minimum atomic E-state index is -0.564. The van der Waals surface area contributed by atoms with Crippen LogP contribution in [0.3, 0.4) is 0 Å². The zero-order chi connectivity index (χ0) is 12.3. The summed E-state index contributed by atoms with van der Waals surface area (Å²) >= 11 is 5.53. The first-order valence-electron chi connectivity index (χ1n) is 5.60. The second-order valence-electron chi connectivity index (χ2n) is 4.07. The molecule has 1 aliphatic heterocycles. The molecule has 1 heterocycles. The van der Waals surface area contributed by atoms with Crippen molar-refractivity contribution in [3.8, 4) is 0 Å². The molecule has 0 radical (unpaired) electrons. The number of amides is 1. The number of carbonyl (C=O) groups excluding carboxylic acids is 1. The molecule has 92 valence electrons. The predicted molar refractivity (Wildman–Crippen MR) is 68.6 cm³/mol. The summed E-state index contributed by atoms with van der Waals surface area (Å²) in [6.07, 6.45) is 0.663. The van der Waals surface area contributed by atoms with Crippen LogP contribution < -0.4 is 10.6 Å². The molecule has 1 amide bonds. The molecule has 1 unspecified atom stereocenters. The smallest absolute Gasteiger partial charge is 0.224 e. The fourth-order valence-electron chi connectivity index (χ4n) is 1.87. The van der Waals surface area contributed by atoms with Crippen molar-refractivity contribution < 1.29 is 9.90 Å². The third-order valence-corrected chi connectivity index (χ3v) is 3.11. The zero-order valence-corrected chi connectivity index (χ0v) is 10.1. The first-order valence-corrected chi connectivity index (χ1v) is 6.14. The van der Waals surface area contributed by atoms with E-state index in [1.165, 1.54) is 0 Å². The highest BCUT2D eigenvalue weighted by atomic mass is 35.5. The van der Waals surface area contributed by atoms with Crippen LogP contribution in [0.5, 0.6) is 0 Å². The summed E-state index contributed by atoms with van der Waals surface area (Å²) in [6, 6.07) is 5.70. The Morgan fingerprint density at radius 3 is 3.06 bits per heavy atom. The number of alkyl halides is 1. The van der Waals surface area contributed by atoms with E-state index in [9.17, 15) is 9.90 Å². The highest BCUT2D eigenvalue weighted by Crippen LogP contribution is 2.29. The number of hydrogen-bond acceptors (Lipinski definition) is 3. The molecule has 2 rings (SSSR count). The Morgan fingerprint density at radius 1 is 1.47 bits per heavy atom. The number of hydrogen-bond donors (Lipinski definition) is 3. The number of fused-ring (bicyclic) bond motifs is 1. The molecule has 4 nitrogen and oxygen atoms in total. The molecular formula is C12H15ClN2O2. The number of carbonyl (C=O) groups is 1. The first-order chi connectivity index (χ1) is 8.20. The van der Waals surface area contributed by atoms with Crippen LogP contribution >= 0.6 is 11.6 Å². The summed E-state index contributed by atoms with van der Waals surface area (Å²) in [6.45, 7) is 0.411. The number of aliphatic hydroxyl groups excluding tert-OH is 1. The Bertz CT molecular complexity index is 423. The highest BCUT2D eigenvalue weighted by Gasteiger charge is 2.17. The van der Waals surface area contributed by atoms with Crippen LogP contribution in [-0.4, -0.2) is 29.5 Å². The molecule has 0 fully saturated rings. The lowest BCUT2D eigenvalue weighted by atomic mass is 10.0. The second kappa shape index (κ2) is 5.38. The van der Waals surface area contributed by atoms with Crippen LogP contribution in [0.4, 0.5) is 11.4 Å². The van der Waals surface area contributed by atoms with Crippen LogP contribution in [-0.2, 0) is 11.2 Å². The number of rotatable bonds is 4. The molecule has 1 aromatic carbocycles. The summed E-state index contributed by atoms with van der Waals surface area (Å²) < 4.78 is 0. The SMILES string of the molecule is O=C1CCc2c(NCC(O)CCl)cccc2N1. The molecule has 3 N–H and O–H groups in total. The van der Waals surface area contributed by atoms with Crippen molar-refractivity contribution in [3.05, 3.63) is 23.8 Å². The van der Waals surface area contributed by atoms with Crippen molar-refractivity contribution >= 4 is 28.9 Å². The van der Waals surface area contributed by atoms with Gasteiger partial charge in [-0.05, 0) is 24.1 Å². The van der Waals surface area contributed by atoms with Gasteiger partial charge in [0.25, 0.3) is 0 Å². The zero-order valence-electron chi connectivity index (χ0n) is 9.37. The maximum Gasteiger partial charge on any atom is 0.224 e. The lowest BCUT2D eigenvalue weighted by Crippen LogP contribution is -2.23. The van der Waals surface area contributed by atoms with Crippen molar-refractivity contribution in [2.75, 3.05) is 23.1 Å². The monoisotopic (exact) mass is 254 g/mol. The third kappa shape index (κ3) is 2.90. The van der Waals surface area contributed by atoms with Gasteiger partial charge in [-0.15, -0.1) is 11.6 Å². The summed E-state index contributed by atoms with van der Waals surface area (Å²) in [7, 11) is 0. The van der Waals surface area contributed by atoms with Crippen LogP contribution in [0.15, 0.2) is 18.2 Å². The number of benzene rings is 1. The van der Waals surface area contributed by atoms with E-state index in [4.69, 9.17) is 11.6 Å². The second-order valence-corrected chi connectivity index (χ2v) is 4.38. The molecule has 0 spiro atoms. The van der Waals surface area contributed by atoms with Gasteiger partial charge in [0.2, 0.25) is 5.91 Å². The Kier molecular flexibility index (Phi) is 3.86. The van der Waals surface area contributed by atoms with E-state index in [0.29, 0.717) is 13.0 Å². The maximum atomic E-state index is 11.3. The van der Waals surface area contributed by atoms with Gasteiger partial charge in [0, 0.05) is 24.3 Å². The van der Waals surface area contributed by atoms with Gasteiger partial charge in [0.05, 0.1) is 12.0 Å². The quantitative estimate of drug-likeness (QED) is 0.715. The van der Waals surface area contributed by atoms with Crippen LogP contribution in [0.25, 0.3) is 0 Å². The number of nitrogens with one attached hydrogen (secondary N) is 2. The van der Waals surface area contributed by atoms with Crippen molar-refractivity contribution in [3.63, 3.8) is 0 Å². The van der Waals surface area contributed by atoms with Gasteiger partial charge in [0.1, 0.15) is 0 Å². The first kappa shape index (κ1) is 12.2. The summed E-state index contributed by atoms with van der Waals surface area (Å²) in [4.78, 5) is 11.3. The van der Waals surface area contributed by atoms with E-state index in [0.717, 1.165) is 23.4 Å². The van der Waals surface area contributed by atoms with E-state index in [2.05, 4.69) is 10.6 Å². The Morgan fingerprint density at radius 2 is 2.29 bits per heavy atom. The molecule has 5 heteroatoms. The van der Waals surface area contributed by atoms with E-state index in [-0.39, 0.29) is 11.8 Å². The molecule has 0 saturated carbocycles. The number of anilines is 2. The molecule has 17 heavy (non-hydrogen) atoms. The summed E-state index contributed by atoms with van der Waals surface area (Å²) in [5.41, 5.74) is 2.90. The summed E-state index contributed by atoms with van der Waals surface area (Å²) in [5, 5.41) is 15.4. The van der Waals surface area contributed by atoms with E-state index < -0.39 is 6.10 Å². The van der Waals surface area contributed by atoms with E-state index >= 15 is 0 Å². The molecule has 0 aromatic heterocycles. The Hall–Kier alpha value is -1.26. The highest BCUT2D eigenvalue weighted by molar-refractivity contribution is 6.18. The van der Waals surface area contributed by atoms with Crippen LogP contribution in [0.1, 0.15) is 12.0 Å². The number of halogens is 1. The van der Waals surface area contributed by atoms with Crippen molar-refractivity contribution in [2.45, 2.75) is 18.9 Å².